The zero-order valence-corrected chi connectivity index (χ0v) is 20.6. The van der Waals surface area contributed by atoms with Crippen molar-refractivity contribution in [1.82, 2.24) is 19.9 Å². The number of aromatic nitrogens is 4. The zero-order chi connectivity index (χ0) is 26.2. The van der Waals surface area contributed by atoms with E-state index in [1.54, 1.807) is 12.1 Å². The van der Waals surface area contributed by atoms with E-state index in [0.29, 0.717) is 28.9 Å². The van der Waals surface area contributed by atoms with E-state index in [4.69, 9.17) is 24.4 Å². The van der Waals surface area contributed by atoms with E-state index in [2.05, 4.69) is 18.2 Å². The summed E-state index contributed by atoms with van der Waals surface area (Å²) in [4.78, 5) is 19.2. The summed E-state index contributed by atoms with van der Waals surface area (Å²) in [5.74, 6) is 2.17. The van der Waals surface area contributed by atoms with Crippen LogP contribution >= 0.6 is 0 Å². The summed E-state index contributed by atoms with van der Waals surface area (Å²) in [6, 6.07) is 39.2. The molecule has 2 heterocycles. The summed E-state index contributed by atoms with van der Waals surface area (Å²) < 4.78 is 6.28. The van der Waals surface area contributed by atoms with Crippen molar-refractivity contribution in [3.63, 3.8) is 0 Å². The SMILES string of the molecule is N#Cc1ccc(-c2nc(-c3ccccc3)nc(-c3cccc(-c4nc5ccc6ccccc6c5o4)c3)n2)cc1. The van der Waals surface area contributed by atoms with Crippen LogP contribution in [-0.4, -0.2) is 19.9 Å². The fourth-order valence-corrected chi connectivity index (χ4v) is 4.61. The summed E-state index contributed by atoms with van der Waals surface area (Å²) in [7, 11) is 0. The van der Waals surface area contributed by atoms with E-state index in [1.807, 2.05) is 91.0 Å². The van der Waals surface area contributed by atoms with Crippen molar-refractivity contribution in [3.05, 3.63) is 121 Å². The molecule has 6 nitrogen and oxygen atoms in total. The number of fused-ring (bicyclic) bond motifs is 3. The lowest BCUT2D eigenvalue weighted by Gasteiger charge is -2.09. The highest BCUT2D eigenvalue weighted by molar-refractivity contribution is 6.03. The molecule has 0 saturated heterocycles. The van der Waals surface area contributed by atoms with Gasteiger partial charge in [-0.3, -0.25) is 0 Å². The number of hydrogen-bond acceptors (Lipinski definition) is 6. The molecule has 0 aliphatic heterocycles. The Morgan fingerprint density at radius 1 is 0.538 bits per heavy atom. The van der Waals surface area contributed by atoms with Gasteiger partial charge in [-0.2, -0.15) is 5.26 Å². The van der Waals surface area contributed by atoms with Crippen LogP contribution in [-0.2, 0) is 0 Å². The normalized spacial score (nSPS) is 11.1. The van der Waals surface area contributed by atoms with Crippen LogP contribution < -0.4 is 0 Å². The minimum atomic E-state index is 0.530. The Kier molecular flexibility index (Phi) is 5.39. The first-order valence-corrected chi connectivity index (χ1v) is 12.5. The molecule has 0 N–H and O–H groups in total. The van der Waals surface area contributed by atoms with Crippen LogP contribution in [0.1, 0.15) is 5.56 Å². The van der Waals surface area contributed by atoms with Gasteiger partial charge in [-0.1, -0.05) is 72.8 Å². The van der Waals surface area contributed by atoms with Crippen molar-refractivity contribution in [1.29, 1.82) is 5.26 Å². The quantitative estimate of drug-likeness (QED) is 0.245. The van der Waals surface area contributed by atoms with Crippen LogP contribution in [0.2, 0.25) is 0 Å². The fourth-order valence-electron chi connectivity index (χ4n) is 4.61. The van der Waals surface area contributed by atoms with Crippen LogP contribution in [0.25, 0.3) is 67.5 Å². The highest BCUT2D eigenvalue weighted by atomic mass is 16.3. The van der Waals surface area contributed by atoms with E-state index in [-0.39, 0.29) is 0 Å². The zero-order valence-electron chi connectivity index (χ0n) is 20.6. The van der Waals surface area contributed by atoms with Crippen molar-refractivity contribution in [2.45, 2.75) is 0 Å². The van der Waals surface area contributed by atoms with Gasteiger partial charge in [0.15, 0.2) is 23.1 Å². The Labute approximate surface area is 223 Å². The van der Waals surface area contributed by atoms with Gasteiger partial charge in [-0.05, 0) is 47.9 Å². The lowest BCUT2D eigenvalue weighted by Crippen LogP contribution is -2.00. The average molecular weight is 502 g/mol. The predicted molar refractivity (Wildman–Crippen MR) is 151 cm³/mol. The van der Waals surface area contributed by atoms with Crippen molar-refractivity contribution in [2.24, 2.45) is 0 Å². The Morgan fingerprint density at radius 3 is 1.95 bits per heavy atom. The van der Waals surface area contributed by atoms with Crippen molar-refractivity contribution in [2.75, 3.05) is 0 Å². The molecule has 0 amide bonds. The minimum Gasteiger partial charge on any atom is -0.435 e. The molecule has 0 bridgehead atoms. The molecule has 0 radical (unpaired) electrons. The Bertz CT molecular complexity index is 2020. The number of hydrogen-bond donors (Lipinski definition) is 0. The van der Waals surface area contributed by atoms with Crippen LogP contribution in [0.5, 0.6) is 0 Å². The summed E-state index contributed by atoms with van der Waals surface area (Å²) in [6.45, 7) is 0. The summed E-state index contributed by atoms with van der Waals surface area (Å²) in [5.41, 5.74) is 5.49. The van der Waals surface area contributed by atoms with Crippen LogP contribution in [0.15, 0.2) is 120 Å². The lowest BCUT2D eigenvalue weighted by molar-refractivity contribution is 0.623. The summed E-state index contributed by atoms with van der Waals surface area (Å²) >= 11 is 0. The summed E-state index contributed by atoms with van der Waals surface area (Å²) in [5, 5.41) is 11.3. The second kappa shape index (κ2) is 9.33. The highest BCUT2D eigenvalue weighted by Gasteiger charge is 2.15. The standard InChI is InChI=1S/C33H19N5O/c34-20-21-13-15-24(16-14-21)31-36-30(23-8-2-1-3-9-23)37-32(38-31)25-10-6-11-26(19-25)33-35-28-18-17-22-7-4-5-12-27(22)29(28)39-33/h1-19H. The lowest BCUT2D eigenvalue weighted by atomic mass is 10.1. The average Bonchev–Trinajstić information content (AvgIpc) is 3.47. The monoisotopic (exact) mass is 501 g/mol. The smallest absolute Gasteiger partial charge is 0.227 e. The number of nitrogens with zero attached hydrogens (tertiary/aromatic N) is 5. The predicted octanol–water partition coefficient (Wildman–Crippen LogP) is 7.71. The van der Waals surface area contributed by atoms with E-state index < -0.39 is 0 Å². The molecule has 0 fully saturated rings. The second-order valence-corrected chi connectivity index (χ2v) is 9.10. The molecule has 6 heteroatoms. The van der Waals surface area contributed by atoms with E-state index >= 15 is 0 Å². The maximum atomic E-state index is 9.20. The third-order valence-corrected chi connectivity index (χ3v) is 6.59. The van der Waals surface area contributed by atoms with E-state index in [0.717, 1.165) is 44.1 Å². The molecule has 2 aromatic heterocycles. The topological polar surface area (TPSA) is 88.5 Å². The molecule has 0 aliphatic carbocycles. The number of nitriles is 1. The van der Waals surface area contributed by atoms with E-state index in [1.165, 1.54) is 0 Å². The van der Waals surface area contributed by atoms with Gasteiger partial charge in [0.1, 0.15) is 5.52 Å². The van der Waals surface area contributed by atoms with Gasteiger partial charge in [0.2, 0.25) is 5.89 Å². The Hall–Kier alpha value is -5.67. The van der Waals surface area contributed by atoms with Gasteiger partial charge in [0.05, 0.1) is 11.6 Å². The molecule has 7 rings (SSSR count). The van der Waals surface area contributed by atoms with Gasteiger partial charge < -0.3 is 4.42 Å². The number of rotatable bonds is 4. The van der Waals surface area contributed by atoms with Gasteiger partial charge in [-0.25, -0.2) is 19.9 Å². The number of benzene rings is 5. The number of oxazole rings is 1. The molecule has 0 aliphatic rings. The highest BCUT2D eigenvalue weighted by Crippen LogP contribution is 2.32. The molecular weight excluding hydrogens is 482 g/mol. The largest absolute Gasteiger partial charge is 0.435 e. The molecule has 0 spiro atoms. The first-order valence-electron chi connectivity index (χ1n) is 12.5. The fraction of sp³-hybridized carbons (Fsp3) is 0. The Balaban J connectivity index is 1.36. The van der Waals surface area contributed by atoms with Crippen LogP contribution in [0.4, 0.5) is 0 Å². The summed E-state index contributed by atoms with van der Waals surface area (Å²) in [6.07, 6.45) is 0. The minimum absolute atomic E-state index is 0.530. The van der Waals surface area contributed by atoms with Crippen molar-refractivity contribution in [3.8, 4) is 51.7 Å². The Morgan fingerprint density at radius 2 is 1.18 bits per heavy atom. The molecule has 0 saturated carbocycles. The molecule has 5 aromatic carbocycles. The molecular formula is C33H19N5O. The third-order valence-electron chi connectivity index (χ3n) is 6.59. The van der Waals surface area contributed by atoms with Crippen LogP contribution in [0, 0.1) is 11.3 Å². The molecule has 0 atom stereocenters. The molecule has 0 unspecified atom stereocenters. The van der Waals surface area contributed by atoms with Crippen molar-refractivity contribution < 1.29 is 4.42 Å². The third kappa shape index (κ3) is 4.18. The first kappa shape index (κ1) is 22.5. The van der Waals surface area contributed by atoms with Crippen molar-refractivity contribution >= 4 is 21.9 Å². The maximum absolute atomic E-state index is 9.20. The molecule has 39 heavy (non-hydrogen) atoms. The van der Waals surface area contributed by atoms with Gasteiger partial charge in [-0.15, -0.1) is 0 Å². The van der Waals surface area contributed by atoms with Gasteiger partial charge >= 0.3 is 0 Å². The first-order chi connectivity index (χ1) is 19.2. The van der Waals surface area contributed by atoms with Crippen LogP contribution in [0.3, 0.4) is 0 Å². The maximum Gasteiger partial charge on any atom is 0.227 e. The van der Waals surface area contributed by atoms with E-state index in [9.17, 15) is 5.26 Å². The van der Waals surface area contributed by atoms with Gasteiger partial charge in [0.25, 0.3) is 0 Å². The molecule has 7 aromatic rings. The van der Waals surface area contributed by atoms with Gasteiger partial charge in [0, 0.05) is 27.6 Å². The second-order valence-electron chi connectivity index (χ2n) is 9.10. The molecule has 182 valence electrons.